The van der Waals surface area contributed by atoms with Crippen molar-refractivity contribution in [3.05, 3.63) is 59.9 Å². The van der Waals surface area contributed by atoms with Crippen molar-refractivity contribution in [2.24, 2.45) is 0 Å². The zero-order chi connectivity index (χ0) is 27.1. The summed E-state index contributed by atoms with van der Waals surface area (Å²) in [5.74, 6) is -0.866. The van der Waals surface area contributed by atoms with Gasteiger partial charge in [0, 0.05) is 35.9 Å². The van der Waals surface area contributed by atoms with Gasteiger partial charge in [-0.25, -0.2) is 9.07 Å². The molecule has 3 atom stereocenters. The van der Waals surface area contributed by atoms with Crippen LogP contribution in [0.15, 0.2) is 43.0 Å². The number of amides is 1. The van der Waals surface area contributed by atoms with Crippen LogP contribution in [0.3, 0.4) is 0 Å². The number of nitrogens with one attached hydrogen (secondary N) is 2. The molecule has 2 saturated heterocycles. The van der Waals surface area contributed by atoms with Crippen molar-refractivity contribution in [1.82, 2.24) is 25.0 Å². The number of hydrogen-bond acceptors (Lipinski definition) is 6. The average molecular weight is 533 g/mol. The first-order valence-electron chi connectivity index (χ1n) is 14.1. The Labute approximate surface area is 228 Å². The van der Waals surface area contributed by atoms with Gasteiger partial charge >= 0.3 is 0 Å². The normalized spacial score (nSPS) is 23.8. The van der Waals surface area contributed by atoms with Gasteiger partial charge in [-0.2, -0.15) is 5.10 Å². The highest BCUT2D eigenvalue weighted by atomic mass is 19.1. The molecule has 0 spiro atoms. The monoisotopic (exact) mass is 532 g/mol. The average Bonchev–Trinajstić information content (AvgIpc) is 3.56. The molecule has 9 heteroatoms. The van der Waals surface area contributed by atoms with Crippen LogP contribution in [0, 0.1) is 12.7 Å². The summed E-state index contributed by atoms with van der Waals surface area (Å²) in [6, 6.07) is 7.25. The van der Waals surface area contributed by atoms with Crippen molar-refractivity contribution < 1.29 is 13.9 Å². The molecule has 1 aromatic carbocycles. The number of benzene rings is 1. The van der Waals surface area contributed by atoms with Crippen LogP contribution in [0.4, 0.5) is 10.1 Å². The number of aryl methyl sites for hydroxylation is 1. The van der Waals surface area contributed by atoms with Crippen molar-refractivity contribution >= 4 is 11.6 Å². The van der Waals surface area contributed by atoms with Crippen LogP contribution in [-0.4, -0.2) is 69.0 Å². The summed E-state index contributed by atoms with van der Waals surface area (Å²) in [4.78, 5) is 19.7. The standard InChI is InChI=1S/C30H37FN6O2/c1-4-24-9-22(8-19(3)37(24)26-16-39-17-26)34-23-10-25(14-32-13-23)36-15-20(12-33-36)27-11-28(29(31)7-18(27)2)30(38)35-21-5-6-21/h7,10-15,19,21-22,24,26,34H,4-6,8-9,16-17H2,1-3H3,(H,35,38). The quantitative estimate of drug-likeness (QED) is 0.437. The fourth-order valence-corrected chi connectivity index (χ4v) is 6.11. The summed E-state index contributed by atoms with van der Waals surface area (Å²) in [5.41, 5.74) is 4.23. The number of hydrogen-bond donors (Lipinski definition) is 2. The summed E-state index contributed by atoms with van der Waals surface area (Å²) in [5, 5.41) is 11.2. The maximum absolute atomic E-state index is 14.6. The van der Waals surface area contributed by atoms with E-state index >= 15 is 0 Å². The zero-order valence-electron chi connectivity index (χ0n) is 22.9. The lowest BCUT2D eigenvalue weighted by atomic mass is 9.88. The fourth-order valence-electron chi connectivity index (χ4n) is 6.11. The highest BCUT2D eigenvalue weighted by Crippen LogP contribution is 2.32. The second-order valence-corrected chi connectivity index (χ2v) is 11.4. The minimum absolute atomic E-state index is 0.0682. The van der Waals surface area contributed by atoms with Crippen LogP contribution in [-0.2, 0) is 4.74 Å². The van der Waals surface area contributed by atoms with E-state index < -0.39 is 5.82 Å². The first-order chi connectivity index (χ1) is 18.9. The Morgan fingerprint density at radius 1 is 1.13 bits per heavy atom. The minimum Gasteiger partial charge on any atom is -0.381 e. The summed E-state index contributed by atoms with van der Waals surface area (Å²) in [7, 11) is 0. The van der Waals surface area contributed by atoms with E-state index in [2.05, 4.69) is 45.5 Å². The molecule has 3 aromatic rings. The molecule has 1 aliphatic carbocycles. The van der Waals surface area contributed by atoms with Crippen molar-refractivity contribution in [3.8, 4) is 16.8 Å². The number of rotatable bonds is 8. The van der Waals surface area contributed by atoms with Gasteiger partial charge in [0.15, 0.2) is 0 Å². The Hall–Kier alpha value is -3.30. The summed E-state index contributed by atoms with van der Waals surface area (Å²) < 4.78 is 21.9. The predicted octanol–water partition coefficient (Wildman–Crippen LogP) is 4.72. The number of likely N-dealkylation sites (tertiary alicyclic amines) is 1. The van der Waals surface area contributed by atoms with Crippen LogP contribution in [0.25, 0.3) is 16.8 Å². The number of carbonyl (C=O) groups is 1. The molecule has 6 rings (SSSR count). The maximum Gasteiger partial charge on any atom is 0.254 e. The Morgan fingerprint density at radius 2 is 1.95 bits per heavy atom. The molecule has 0 radical (unpaired) electrons. The van der Waals surface area contributed by atoms with E-state index in [-0.39, 0.29) is 17.5 Å². The summed E-state index contributed by atoms with van der Waals surface area (Å²) in [6.45, 7) is 8.15. The molecular weight excluding hydrogens is 495 g/mol. The van der Waals surface area contributed by atoms with Crippen molar-refractivity contribution in [2.75, 3.05) is 18.5 Å². The second-order valence-electron chi connectivity index (χ2n) is 11.4. The van der Waals surface area contributed by atoms with E-state index in [0.29, 0.717) is 24.2 Å². The lowest BCUT2D eigenvalue weighted by molar-refractivity contribution is -0.105. The Bertz CT molecular complexity index is 1350. The first-order valence-corrected chi connectivity index (χ1v) is 14.1. The molecule has 2 aromatic heterocycles. The number of pyridine rings is 1. The van der Waals surface area contributed by atoms with Crippen LogP contribution < -0.4 is 10.6 Å². The van der Waals surface area contributed by atoms with Crippen LogP contribution in [0.1, 0.15) is 61.9 Å². The third kappa shape index (κ3) is 5.43. The number of anilines is 1. The van der Waals surface area contributed by atoms with Gasteiger partial charge in [-0.15, -0.1) is 0 Å². The molecule has 1 saturated carbocycles. The molecular formula is C30H37FN6O2. The van der Waals surface area contributed by atoms with E-state index in [1.165, 1.54) is 6.07 Å². The Kier molecular flexibility index (Phi) is 7.12. The zero-order valence-corrected chi connectivity index (χ0v) is 22.9. The van der Waals surface area contributed by atoms with Crippen molar-refractivity contribution in [1.29, 1.82) is 0 Å². The largest absolute Gasteiger partial charge is 0.381 e. The third-order valence-electron chi connectivity index (χ3n) is 8.35. The second kappa shape index (κ2) is 10.7. The van der Waals surface area contributed by atoms with Gasteiger partial charge in [-0.05, 0) is 75.3 Å². The smallest absolute Gasteiger partial charge is 0.254 e. The van der Waals surface area contributed by atoms with Gasteiger partial charge in [0.25, 0.3) is 5.91 Å². The van der Waals surface area contributed by atoms with Gasteiger partial charge in [0.1, 0.15) is 5.82 Å². The van der Waals surface area contributed by atoms with E-state index in [4.69, 9.17) is 4.74 Å². The molecule has 2 aliphatic heterocycles. The van der Waals surface area contributed by atoms with Gasteiger partial charge in [-0.1, -0.05) is 6.92 Å². The van der Waals surface area contributed by atoms with Gasteiger partial charge in [-0.3, -0.25) is 14.7 Å². The molecule has 3 fully saturated rings. The van der Waals surface area contributed by atoms with Crippen molar-refractivity contribution in [3.63, 3.8) is 0 Å². The number of halogens is 1. The number of nitrogens with zero attached hydrogens (tertiary/aromatic N) is 4. The molecule has 1 amide bonds. The SMILES string of the molecule is CCC1CC(Nc2cncc(-n3cc(-c4cc(C(=O)NC5CC5)c(F)cc4C)cn3)c2)CC(C)N1C1COC1. The topological polar surface area (TPSA) is 84.3 Å². The Balaban J connectivity index is 1.18. The fraction of sp³-hybridized carbons (Fsp3) is 0.500. The molecule has 2 N–H and O–H groups in total. The lowest BCUT2D eigenvalue weighted by Crippen LogP contribution is -2.60. The maximum atomic E-state index is 14.6. The molecule has 3 aliphatic rings. The van der Waals surface area contributed by atoms with Crippen LogP contribution in [0.2, 0.25) is 0 Å². The summed E-state index contributed by atoms with van der Waals surface area (Å²) >= 11 is 0. The number of carbonyl (C=O) groups excluding carboxylic acids is 1. The third-order valence-corrected chi connectivity index (χ3v) is 8.35. The molecule has 4 heterocycles. The molecule has 3 unspecified atom stereocenters. The Morgan fingerprint density at radius 3 is 2.67 bits per heavy atom. The van der Waals surface area contributed by atoms with Crippen LogP contribution in [0.5, 0.6) is 0 Å². The lowest BCUT2D eigenvalue weighted by Gasteiger charge is -2.50. The van der Waals surface area contributed by atoms with Gasteiger partial charge < -0.3 is 15.4 Å². The molecule has 39 heavy (non-hydrogen) atoms. The van der Waals surface area contributed by atoms with Crippen LogP contribution >= 0.6 is 0 Å². The van der Waals surface area contributed by atoms with E-state index in [1.54, 1.807) is 23.1 Å². The van der Waals surface area contributed by atoms with Crippen molar-refractivity contribution in [2.45, 2.75) is 83.1 Å². The summed E-state index contributed by atoms with van der Waals surface area (Å²) in [6.07, 6.45) is 12.5. The van der Waals surface area contributed by atoms with Gasteiger partial charge in [0.2, 0.25) is 0 Å². The molecule has 8 nitrogen and oxygen atoms in total. The molecule has 206 valence electrons. The van der Waals surface area contributed by atoms with E-state index in [1.807, 2.05) is 19.3 Å². The highest BCUT2D eigenvalue weighted by molar-refractivity contribution is 5.96. The number of ether oxygens (including phenoxy) is 1. The minimum atomic E-state index is -0.503. The number of aromatic nitrogens is 3. The molecule has 0 bridgehead atoms. The first kappa shape index (κ1) is 26.0. The van der Waals surface area contributed by atoms with Gasteiger partial charge in [0.05, 0.1) is 54.8 Å². The highest BCUT2D eigenvalue weighted by Gasteiger charge is 2.39. The predicted molar refractivity (Wildman–Crippen MR) is 149 cm³/mol. The van der Waals surface area contributed by atoms with E-state index in [9.17, 15) is 9.18 Å². The van der Waals surface area contributed by atoms with E-state index in [0.717, 1.165) is 73.4 Å². The number of piperidine rings is 1.